The van der Waals surface area contributed by atoms with E-state index in [0.29, 0.717) is 17.8 Å². The number of imidazole rings is 1. The molecule has 2 aliphatic rings. The molecule has 2 fully saturated rings. The fourth-order valence-corrected chi connectivity index (χ4v) is 2.33. The van der Waals surface area contributed by atoms with Gasteiger partial charge < -0.3 is 16.4 Å². The molecule has 0 radical (unpaired) electrons. The smallest absolute Gasteiger partial charge is 0.327 e. The highest BCUT2D eigenvalue weighted by Crippen LogP contribution is 2.40. The van der Waals surface area contributed by atoms with Crippen LogP contribution in [0.1, 0.15) is 25.7 Å². The largest absolute Gasteiger partial charge is 0.391 e. The molecule has 8 heteroatoms. The molecule has 0 spiro atoms. The first-order valence-electron chi connectivity index (χ1n) is 6.40. The molecule has 0 unspecified atom stereocenters. The molecular weight excluding hydrogens is 278 g/mol. The van der Waals surface area contributed by atoms with Crippen LogP contribution in [-0.4, -0.2) is 37.6 Å². The van der Waals surface area contributed by atoms with Crippen LogP contribution in [0.3, 0.4) is 0 Å². The lowest BCUT2D eigenvalue weighted by molar-refractivity contribution is -0.124. The molecule has 0 bridgehead atoms. The Bertz CT molecular complexity index is 575. The summed E-state index contributed by atoms with van der Waals surface area (Å²) in [5.41, 5.74) is 4.27. The van der Waals surface area contributed by atoms with Gasteiger partial charge in [0.05, 0.1) is 10.5 Å². The minimum absolute atomic E-state index is 0.212. The van der Waals surface area contributed by atoms with Crippen LogP contribution in [-0.2, 0) is 4.79 Å². The normalized spacial score (nSPS) is 20.8. The number of nitrogens with zero attached hydrogens (tertiary/aromatic N) is 2. The lowest BCUT2D eigenvalue weighted by Gasteiger charge is -2.22. The van der Waals surface area contributed by atoms with Gasteiger partial charge in [0.2, 0.25) is 5.91 Å². The maximum Gasteiger partial charge on any atom is 0.327 e. The van der Waals surface area contributed by atoms with Gasteiger partial charge in [0.1, 0.15) is 11.9 Å². The maximum atomic E-state index is 12.3. The van der Waals surface area contributed by atoms with Crippen molar-refractivity contribution in [1.29, 1.82) is 0 Å². The summed E-state index contributed by atoms with van der Waals surface area (Å²) in [5, 5.41) is 5.62. The molecule has 3 rings (SSSR count). The predicted molar refractivity (Wildman–Crippen MR) is 75.0 cm³/mol. The average molecular weight is 293 g/mol. The third-order valence-electron chi connectivity index (χ3n) is 3.84. The SMILES string of the molecule is NC(=S)C1(NC(=O)C2(NC(=O)n3ccnc3)CC2)CC1. The standard InChI is InChI=1S/C12H15N5O2S/c13-8(20)11(1-2-11)15-9(18)12(3-4-12)16-10(19)17-6-5-14-7-17/h5-7H,1-4H2,(H2,13,20)(H,15,18)(H,16,19). The fourth-order valence-electron chi connectivity index (χ4n) is 2.08. The molecule has 1 aromatic rings. The molecular formula is C12H15N5O2S. The summed E-state index contributed by atoms with van der Waals surface area (Å²) in [5.74, 6) is -0.212. The number of carbonyl (C=O) groups excluding carboxylic acids is 2. The third-order valence-corrected chi connectivity index (χ3v) is 4.23. The Kier molecular flexibility index (Phi) is 2.79. The van der Waals surface area contributed by atoms with E-state index >= 15 is 0 Å². The molecule has 2 saturated carbocycles. The van der Waals surface area contributed by atoms with Gasteiger partial charge in [-0.05, 0) is 25.7 Å². The van der Waals surface area contributed by atoms with Crippen molar-refractivity contribution < 1.29 is 9.59 Å². The zero-order valence-corrected chi connectivity index (χ0v) is 11.6. The van der Waals surface area contributed by atoms with Gasteiger partial charge in [-0.25, -0.2) is 9.78 Å². The molecule has 1 aromatic heterocycles. The molecule has 106 valence electrons. The Labute approximate surface area is 120 Å². The minimum atomic E-state index is -0.832. The molecule has 20 heavy (non-hydrogen) atoms. The van der Waals surface area contributed by atoms with Crippen molar-refractivity contribution in [2.75, 3.05) is 0 Å². The summed E-state index contributed by atoms with van der Waals surface area (Å²) < 4.78 is 1.30. The molecule has 2 amide bonds. The van der Waals surface area contributed by atoms with Crippen molar-refractivity contribution in [3.63, 3.8) is 0 Å². The van der Waals surface area contributed by atoms with E-state index in [9.17, 15) is 9.59 Å². The lowest BCUT2D eigenvalue weighted by atomic mass is 10.2. The molecule has 7 nitrogen and oxygen atoms in total. The number of thiocarbonyl (C=S) groups is 1. The second-order valence-electron chi connectivity index (χ2n) is 5.38. The van der Waals surface area contributed by atoms with Crippen LogP contribution < -0.4 is 16.4 Å². The van der Waals surface area contributed by atoms with E-state index in [2.05, 4.69) is 15.6 Å². The van der Waals surface area contributed by atoms with Crippen LogP contribution in [0.4, 0.5) is 4.79 Å². The monoisotopic (exact) mass is 293 g/mol. The second kappa shape index (κ2) is 4.27. The molecule has 0 aliphatic heterocycles. The van der Waals surface area contributed by atoms with Crippen LogP contribution >= 0.6 is 12.2 Å². The predicted octanol–water partition coefficient (Wildman–Crippen LogP) is -0.0917. The van der Waals surface area contributed by atoms with Crippen LogP contribution in [0, 0.1) is 0 Å². The third kappa shape index (κ3) is 2.15. The number of nitrogens with two attached hydrogens (primary N) is 1. The number of aromatic nitrogens is 2. The summed E-state index contributed by atoms with van der Waals surface area (Å²) >= 11 is 4.97. The van der Waals surface area contributed by atoms with Gasteiger partial charge >= 0.3 is 6.03 Å². The zero-order valence-electron chi connectivity index (χ0n) is 10.8. The summed E-state index contributed by atoms with van der Waals surface area (Å²) in [7, 11) is 0. The summed E-state index contributed by atoms with van der Waals surface area (Å²) in [4.78, 5) is 28.4. The Morgan fingerprint density at radius 3 is 2.30 bits per heavy atom. The van der Waals surface area contributed by atoms with Gasteiger partial charge in [-0.2, -0.15) is 0 Å². The first kappa shape index (κ1) is 13.0. The maximum absolute atomic E-state index is 12.3. The Hall–Kier alpha value is -1.96. The first-order chi connectivity index (χ1) is 9.47. The van der Waals surface area contributed by atoms with Gasteiger partial charge in [0, 0.05) is 12.4 Å². The summed E-state index contributed by atoms with van der Waals surface area (Å²) in [6, 6.07) is -0.365. The topological polar surface area (TPSA) is 102 Å². The van der Waals surface area contributed by atoms with Gasteiger partial charge in [0.15, 0.2) is 0 Å². The van der Waals surface area contributed by atoms with Crippen molar-refractivity contribution in [3.05, 3.63) is 18.7 Å². The Balaban J connectivity index is 1.66. The fraction of sp³-hybridized carbons (Fsp3) is 0.500. The molecule has 0 aromatic carbocycles. The molecule has 4 N–H and O–H groups in total. The number of amides is 2. The summed E-state index contributed by atoms with van der Waals surface area (Å²) in [6.45, 7) is 0. The number of nitrogens with one attached hydrogen (secondary N) is 2. The van der Waals surface area contributed by atoms with E-state index in [4.69, 9.17) is 18.0 Å². The number of hydrogen-bond acceptors (Lipinski definition) is 4. The lowest BCUT2D eigenvalue weighted by Crippen LogP contribution is -2.55. The number of hydrogen-bond donors (Lipinski definition) is 3. The van der Waals surface area contributed by atoms with E-state index in [1.165, 1.54) is 23.3 Å². The highest BCUT2D eigenvalue weighted by molar-refractivity contribution is 7.80. The van der Waals surface area contributed by atoms with E-state index in [1.807, 2.05) is 0 Å². The second-order valence-corrected chi connectivity index (χ2v) is 5.82. The summed E-state index contributed by atoms with van der Waals surface area (Å²) in [6.07, 6.45) is 7.19. The minimum Gasteiger partial charge on any atom is -0.391 e. The quantitative estimate of drug-likeness (QED) is 0.673. The van der Waals surface area contributed by atoms with Crippen molar-refractivity contribution in [2.24, 2.45) is 5.73 Å². The van der Waals surface area contributed by atoms with Crippen molar-refractivity contribution in [3.8, 4) is 0 Å². The van der Waals surface area contributed by atoms with Crippen molar-refractivity contribution in [1.82, 2.24) is 20.2 Å². The van der Waals surface area contributed by atoms with Crippen LogP contribution in [0.2, 0.25) is 0 Å². The van der Waals surface area contributed by atoms with Gasteiger partial charge in [-0.1, -0.05) is 12.2 Å². The van der Waals surface area contributed by atoms with E-state index < -0.39 is 11.1 Å². The Morgan fingerprint density at radius 2 is 1.85 bits per heavy atom. The molecule has 2 aliphatic carbocycles. The highest BCUT2D eigenvalue weighted by Gasteiger charge is 2.56. The van der Waals surface area contributed by atoms with Gasteiger partial charge in [-0.15, -0.1) is 0 Å². The van der Waals surface area contributed by atoms with Crippen molar-refractivity contribution in [2.45, 2.75) is 36.8 Å². The van der Waals surface area contributed by atoms with E-state index in [1.54, 1.807) is 0 Å². The Morgan fingerprint density at radius 1 is 1.20 bits per heavy atom. The van der Waals surface area contributed by atoms with E-state index in [0.717, 1.165) is 12.8 Å². The van der Waals surface area contributed by atoms with Crippen molar-refractivity contribution >= 4 is 29.1 Å². The molecule has 0 saturated heterocycles. The molecule has 1 heterocycles. The van der Waals surface area contributed by atoms with Gasteiger partial charge in [0.25, 0.3) is 0 Å². The average Bonchev–Trinajstić information content (AvgIpc) is 3.29. The molecule has 0 atom stereocenters. The first-order valence-corrected chi connectivity index (χ1v) is 6.81. The highest BCUT2D eigenvalue weighted by atomic mass is 32.1. The van der Waals surface area contributed by atoms with E-state index in [-0.39, 0.29) is 11.9 Å². The van der Waals surface area contributed by atoms with Gasteiger partial charge in [-0.3, -0.25) is 9.36 Å². The van der Waals surface area contributed by atoms with Crippen LogP contribution in [0.5, 0.6) is 0 Å². The number of rotatable bonds is 4. The van der Waals surface area contributed by atoms with Crippen LogP contribution in [0.15, 0.2) is 18.7 Å². The zero-order chi connectivity index (χ0) is 14.4. The number of carbonyl (C=O) groups is 2. The van der Waals surface area contributed by atoms with Crippen LogP contribution in [0.25, 0.3) is 0 Å².